The molecule has 0 bridgehead atoms. The van der Waals surface area contributed by atoms with Gasteiger partial charge in [0.25, 0.3) is 0 Å². The average molecular weight is 240 g/mol. The van der Waals surface area contributed by atoms with Crippen LogP contribution in [0.5, 0.6) is 11.5 Å². The minimum Gasteiger partial charge on any atom is -0.496 e. The van der Waals surface area contributed by atoms with Gasteiger partial charge in [0.1, 0.15) is 11.5 Å². The largest absolute Gasteiger partial charge is 0.496 e. The Labute approximate surface area is 105 Å². The summed E-state index contributed by atoms with van der Waals surface area (Å²) in [6.45, 7) is 0. The van der Waals surface area contributed by atoms with Crippen molar-refractivity contribution in [3.8, 4) is 22.6 Å². The van der Waals surface area contributed by atoms with Gasteiger partial charge in [0.15, 0.2) is 0 Å². The van der Waals surface area contributed by atoms with E-state index in [1.54, 1.807) is 7.11 Å². The second-order valence-corrected chi connectivity index (χ2v) is 4.18. The maximum absolute atomic E-state index is 11.3. The molecule has 3 rings (SSSR count). The van der Waals surface area contributed by atoms with Crippen LogP contribution >= 0.6 is 0 Å². The molecular formula is C15H12O3. The van der Waals surface area contributed by atoms with E-state index in [9.17, 15) is 4.79 Å². The van der Waals surface area contributed by atoms with Crippen molar-refractivity contribution in [2.75, 3.05) is 7.11 Å². The van der Waals surface area contributed by atoms with E-state index in [-0.39, 0.29) is 5.97 Å². The number of esters is 1. The zero-order valence-electron chi connectivity index (χ0n) is 9.97. The highest BCUT2D eigenvalue weighted by Crippen LogP contribution is 2.38. The molecule has 0 aromatic heterocycles. The number of rotatable bonds is 2. The second-order valence-electron chi connectivity index (χ2n) is 4.18. The van der Waals surface area contributed by atoms with Gasteiger partial charge in [0.05, 0.1) is 13.5 Å². The number of carbonyl (C=O) groups excluding carboxylic acids is 1. The Morgan fingerprint density at radius 2 is 1.94 bits per heavy atom. The van der Waals surface area contributed by atoms with Crippen LogP contribution in [-0.4, -0.2) is 13.1 Å². The summed E-state index contributed by atoms with van der Waals surface area (Å²) >= 11 is 0. The predicted octanol–water partition coefficient (Wildman–Crippen LogP) is 2.82. The topological polar surface area (TPSA) is 35.5 Å². The van der Waals surface area contributed by atoms with E-state index in [4.69, 9.17) is 9.47 Å². The van der Waals surface area contributed by atoms with E-state index in [0.29, 0.717) is 12.2 Å². The minimum atomic E-state index is -0.211. The molecule has 0 atom stereocenters. The molecule has 3 heteroatoms. The lowest BCUT2D eigenvalue weighted by Gasteiger charge is -2.10. The van der Waals surface area contributed by atoms with E-state index >= 15 is 0 Å². The van der Waals surface area contributed by atoms with Crippen LogP contribution in [0, 0.1) is 0 Å². The van der Waals surface area contributed by atoms with Crippen molar-refractivity contribution in [2.45, 2.75) is 6.42 Å². The van der Waals surface area contributed by atoms with Crippen LogP contribution in [0.1, 0.15) is 5.56 Å². The van der Waals surface area contributed by atoms with Crippen LogP contribution in [-0.2, 0) is 11.2 Å². The number of fused-ring (bicyclic) bond motifs is 1. The lowest BCUT2D eigenvalue weighted by molar-refractivity contribution is -0.131. The van der Waals surface area contributed by atoms with Gasteiger partial charge >= 0.3 is 5.97 Å². The molecule has 0 unspecified atom stereocenters. The predicted molar refractivity (Wildman–Crippen MR) is 67.8 cm³/mol. The normalized spacial score (nSPS) is 13.1. The summed E-state index contributed by atoms with van der Waals surface area (Å²) in [6.07, 6.45) is 0.320. The van der Waals surface area contributed by atoms with E-state index in [0.717, 1.165) is 22.4 Å². The molecule has 2 aromatic carbocycles. The van der Waals surface area contributed by atoms with Crippen LogP contribution in [0.25, 0.3) is 11.1 Å². The summed E-state index contributed by atoms with van der Waals surface area (Å²) in [5.41, 5.74) is 2.86. The smallest absolute Gasteiger partial charge is 0.315 e. The third-order valence-electron chi connectivity index (χ3n) is 3.03. The maximum atomic E-state index is 11.3. The Kier molecular flexibility index (Phi) is 2.52. The molecule has 3 nitrogen and oxygen atoms in total. The summed E-state index contributed by atoms with van der Waals surface area (Å²) in [6, 6.07) is 13.6. The molecule has 18 heavy (non-hydrogen) atoms. The first-order chi connectivity index (χ1) is 8.78. The molecule has 0 fully saturated rings. The zero-order chi connectivity index (χ0) is 12.5. The summed E-state index contributed by atoms with van der Waals surface area (Å²) in [4.78, 5) is 11.3. The molecule has 0 spiro atoms. The molecule has 90 valence electrons. The number of methoxy groups -OCH3 is 1. The van der Waals surface area contributed by atoms with Gasteiger partial charge < -0.3 is 9.47 Å². The van der Waals surface area contributed by atoms with Crippen LogP contribution in [0.3, 0.4) is 0 Å². The van der Waals surface area contributed by atoms with Crippen molar-refractivity contribution in [1.82, 2.24) is 0 Å². The zero-order valence-corrected chi connectivity index (χ0v) is 9.97. The molecule has 0 N–H and O–H groups in total. The Balaban J connectivity index is 2.15. The van der Waals surface area contributed by atoms with Crippen molar-refractivity contribution >= 4 is 5.97 Å². The minimum absolute atomic E-state index is 0.211. The average Bonchev–Trinajstić information content (AvgIpc) is 2.77. The van der Waals surface area contributed by atoms with Gasteiger partial charge in [-0.25, -0.2) is 0 Å². The van der Waals surface area contributed by atoms with Gasteiger partial charge in [-0.15, -0.1) is 0 Å². The van der Waals surface area contributed by atoms with Crippen molar-refractivity contribution in [3.63, 3.8) is 0 Å². The summed E-state index contributed by atoms with van der Waals surface area (Å²) < 4.78 is 10.6. The number of benzene rings is 2. The van der Waals surface area contributed by atoms with Crippen molar-refractivity contribution < 1.29 is 14.3 Å². The molecule has 2 aromatic rings. The van der Waals surface area contributed by atoms with Gasteiger partial charge in [0, 0.05) is 11.1 Å². The van der Waals surface area contributed by atoms with Gasteiger partial charge in [-0.2, -0.15) is 0 Å². The van der Waals surface area contributed by atoms with Gasteiger partial charge in [0.2, 0.25) is 0 Å². The first-order valence-electron chi connectivity index (χ1n) is 5.75. The summed E-state index contributed by atoms with van der Waals surface area (Å²) in [7, 11) is 1.63. The molecule has 1 aliphatic heterocycles. The Morgan fingerprint density at radius 1 is 1.17 bits per heavy atom. The SMILES string of the molecule is COc1cc2c(cc1-c1ccccc1)OC(=O)C2. The third-order valence-corrected chi connectivity index (χ3v) is 3.03. The summed E-state index contributed by atoms with van der Waals surface area (Å²) in [5.74, 6) is 1.19. The van der Waals surface area contributed by atoms with Crippen molar-refractivity contribution in [3.05, 3.63) is 48.0 Å². The molecule has 0 saturated carbocycles. The first kappa shape index (κ1) is 10.8. The van der Waals surface area contributed by atoms with E-state index < -0.39 is 0 Å². The van der Waals surface area contributed by atoms with E-state index in [2.05, 4.69) is 0 Å². The monoisotopic (exact) mass is 240 g/mol. The highest BCUT2D eigenvalue weighted by atomic mass is 16.5. The number of hydrogen-bond donors (Lipinski definition) is 0. The highest BCUT2D eigenvalue weighted by molar-refractivity contribution is 5.84. The second kappa shape index (κ2) is 4.18. The fourth-order valence-corrected chi connectivity index (χ4v) is 2.16. The standard InChI is InChI=1S/C15H12O3/c1-17-14-7-11-8-15(16)18-13(11)9-12(14)10-5-3-2-4-6-10/h2-7,9H,8H2,1H3. The molecular weight excluding hydrogens is 228 g/mol. The van der Waals surface area contributed by atoms with Gasteiger partial charge in [-0.1, -0.05) is 30.3 Å². The molecule has 0 aliphatic carbocycles. The van der Waals surface area contributed by atoms with Gasteiger partial charge in [-0.3, -0.25) is 4.79 Å². The van der Waals surface area contributed by atoms with E-state index in [1.165, 1.54) is 0 Å². The number of hydrogen-bond acceptors (Lipinski definition) is 3. The summed E-state index contributed by atoms with van der Waals surface area (Å²) in [5, 5.41) is 0. The fourth-order valence-electron chi connectivity index (χ4n) is 2.16. The Hall–Kier alpha value is -2.29. The quantitative estimate of drug-likeness (QED) is 0.598. The Bertz CT molecular complexity index is 603. The molecule has 0 radical (unpaired) electrons. The number of ether oxygens (including phenoxy) is 2. The Morgan fingerprint density at radius 3 is 2.67 bits per heavy atom. The highest BCUT2D eigenvalue weighted by Gasteiger charge is 2.23. The van der Waals surface area contributed by atoms with Crippen molar-refractivity contribution in [2.24, 2.45) is 0 Å². The fraction of sp³-hybridized carbons (Fsp3) is 0.133. The number of carbonyl (C=O) groups is 1. The maximum Gasteiger partial charge on any atom is 0.315 e. The third kappa shape index (κ3) is 1.74. The van der Waals surface area contributed by atoms with E-state index in [1.807, 2.05) is 42.5 Å². The molecule has 0 amide bonds. The first-order valence-corrected chi connectivity index (χ1v) is 5.75. The molecule has 1 heterocycles. The molecule has 0 saturated heterocycles. The van der Waals surface area contributed by atoms with Gasteiger partial charge in [-0.05, 0) is 17.7 Å². The molecule has 1 aliphatic rings. The van der Waals surface area contributed by atoms with Crippen LogP contribution < -0.4 is 9.47 Å². The van der Waals surface area contributed by atoms with Crippen LogP contribution in [0.4, 0.5) is 0 Å². The lowest BCUT2D eigenvalue weighted by atomic mass is 10.0. The lowest BCUT2D eigenvalue weighted by Crippen LogP contribution is -2.00. The van der Waals surface area contributed by atoms with Crippen LogP contribution in [0.2, 0.25) is 0 Å². The van der Waals surface area contributed by atoms with Crippen LogP contribution in [0.15, 0.2) is 42.5 Å². The van der Waals surface area contributed by atoms with Crippen molar-refractivity contribution in [1.29, 1.82) is 0 Å².